The van der Waals surface area contributed by atoms with Gasteiger partial charge in [-0.3, -0.25) is 0 Å². The number of rotatable bonds is 4. The summed E-state index contributed by atoms with van der Waals surface area (Å²) < 4.78 is 29.2. The summed E-state index contributed by atoms with van der Waals surface area (Å²) in [7, 11) is -3.84. The zero-order valence-electron chi connectivity index (χ0n) is 13.1. The van der Waals surface area contributed by atoms with Crippen LogP contribution in [0.2, 0.25) is 5.02 Å². The van der Waals surface area contributed by atoms with Gasteiger partial charge in [0.25, 0.3) is 10.0 Å². The number of nitrogens with one attached hydrogen (secondary N) is 1. The predicted octanol–water partition coefficient (Wildman–Crippen LogP) is 4.59. The van der Waals surface area contributed by atoms with Crippen LogP contribution in [0.3, 0.4) is 0 Å². The smallest absolute Gasteiger partial charge is 0.284 e. The van der Waals surface area contributed by atoms with E-state index in [2.05, 4.69) is 9.71 Å². The Labute approximate surface area is 151 Å². The number of benzene rings is 3. The molecule has 0 saturated carbocycles. The first kappa shape index (κ1) is 17.2. The monoisotopic (exact) mass is 370 g/mol. The van der Waals surface area contributed by atoms with Gasteiger partial charge in [0.15, 0.2) is 5.84 Å². The summed E-state index contributed by atoms with van der Waals surface area (Å²) in [6, 6.07) is 24.2. The Hall–Kier alpha value is -2.63. The standard InChI is InChI=1S/C19H15ClN2O2S/c20-16-11-13-17(14-12-16)21-19(15-7-3-1-4-8-15)22-25(23,24)18-9-5-2-6-10-18/h1-14H,(H,21,22). The topological polar surface area (TPSA) is 58.5 Å². The van der Waals surface area contributed by atoms with Gasteiger partial charge in [-0.05, 0) is 36.4 Å². The Morgan fingerprint density at radius 2 is 1.36 bits per heavy atom. The van der Waals surface area contributed by atoms with Gasteiger partial charge in [-0.2, -0.15) is 8.42 Å². The van der Waals surface area contributed by atoms with Crippen LogP contribution in [-0.4, -0.2) is 14.3 Å². The van der Waals surface area contributed by atoms with Crippen LogP contribution in [0.25, 0.3) is 0 Å². The van der Waals surface area contributed by atoms with E-state index in [0.29, 0.717) is 16.3 Å². The maximum absolute atomic E-state index is 12.6. The molecule has 0 atom stereocenters. The van der Waals surface area contributed by atoms with Crippen LogP contribution in [-0.2, 0) is 10.0 Å². The molecule has 0 aliphatic heterocycles. The molecule has 0 aliphatic carbocycles. The minimum absolute atomic E-state index is 0.140. The fourth-order valence-electron chi connectivity index (χ4n) is 2.18. The van der Waals surface area contributed by atoms with E-state index < -0.39 is 10.0 Å². The van der Waals surface area contributed by atoms with Crippen molar-refractivity contribution < 1.29 is 8.42 Å². The molecule has 126 valence electrons. The number of amidine groups is 1. The molecular formula is C19H15ClN2O2S. The van der Waals surface area contributed by atoms with Gasteiger partial charge in [0.05, 0.1) is 4.90 Å². The molecule has 4 nitrogen and oxygen atoms in total. The highest BCUT2D eigenvalue weighted by Crippen LogP contribution is 2.17. The van der Waals surface area contributed by atoms with Crippen molar-refractivity contribution in [2.45, 2.75) is 4.90 Å². The third-order valence-corrected chi connectivity index (χ3v) is 4.95. The van der Waals surface area contributed by atoms with Crippen LogP contribution in [0.5, 0.6) is 0 Å². The lowest BCUT2D eigenvalue weighted by Crippen LogP contribution is -2.16. The number of sulfonamides is 1. The third kappa shape index (κ3) is 4.47. The SMILES string of the molecule is O=S(=O)(/N=C(/Nc1ccc(Cl)cc1)c1ccccc1)c1ccccc1. The van der Waals surface area contributed by atoms with Crippen molar-refractivity contribution in [1.82, 2.24) is 0 Å². The minimum atomic E-state index is -3.84. The number of anilines is 1. The van der Waals surface area contributed by atoms with Crippen molar-refractivity contribution in [2.24, 2.45) is 4.40 Å². The van der Waals surface area contributed by atoms with Gasteiger partial charge in [-0.1, -0.05) is 60.1 Å². The fraction of sp³-hybridized carbons (Fsp3) is 0. The second-order valence-corrected chi connectivity index (χ2v) is 7.27. The van der Waals surface area contributed by atoms with E-state index in [1.165, 1.54) is 12.1 Å². The van der Waals surface area contributed by atoms with Crippen molar-refractivity contribution in [3.05, 3.63) is 95.5 Å². The lowest BCUT2D eigenvalue weighted by atomic mass is 10.2. The minimum Gasteiger partial charge on any atom is -0.339 e. The summed E-state index contributed by atoms with van der Waals surface area (Å²) in [6.45, 7) is 0. The summed E-state index contributed by atoms with van der Waals surface area (Å²) in [5.74, 6) is 0.242. The zero-order chi connectivity index (χ0) is 17.7. The molecule has 25 heavy (non-hydrogen) atoms. The van der Waals surface area contributed by atoms with Gasteiger partial charge in [0.1, 0.15) is 0 Å². The highest BCUT2D eigenvalue weighted by atomic mass is 35.5. The first-order chi connectivity index (χ1) is 12.0. The van der Waals surface area contributed by atoms with Gasteiger partial charge in [-0.25, -0.2) is 0 Å². The molecule has 3 aromatic carbocycles. The molecule has 0 fully saturated rings. The molecule has 0 aromatic heterocycles. The number of nitrogens with zero attached hydrogens (tertiary/aromatic N) is 1. The second-order valence-electron chi connectivity index (χ2n) is 5.23. The number of halogens is 1. The van der Waals surface area contributed by atoms with Crippen molar-refractivity contribution in [3.8, 4) is 0 Å². The highest BCUT2D eigenvalue weighted by molar-refractivity contribution is 7.90. The van der Waals surface area contributed by atoms with Crippen molar-refractivity contribution in [2.75, 3.05) is 5.32 Å². The number of hydrogen-bond donors (Lipinski definition) is 1. The lowest BCUT2D eigenvalue weighted by Gasteiger charge is -2.11. The molecule has 0 amide bonds. The van der Waals surface area contributed by atoms with Gasteiger partial charge < -0.3 is 5.32 Å². The first-order valence-electron chi connectivity index (χ1n) is 7.53. The van der Waals surface area contributed by atoms with Gasteiger partial charge in [0, 0.05) is 16.3 Å². The van der Waals surface area contributed by atoms with Gasteiger partial charge in [-0.15, -0.1) is 4.40 Å². The van der Waals surface area contributed by atoms with Gasteiger partial charge in [0.2, 0.25) is 0 Å². The average molecular weight is 371 g/mol. The molecule has 0 radical (unpaired) electrons. The van der Waals surface area contributed by atoms with Crippen LogP contribution in [0.15, 0.2) is 94.2 Å². The molecule has 1 N–H and O–H groups in total. The lowest BCUT2D eigenvalue weighted by molar-refractivity contribution is 0.598. The van der Waals surface area contributed by atoms with Crippen molar-refractivity contribution >= 4 is 33.1 Å². The summed E-state index contributed by atoms with van der Waals surface area (Å²) in [5.41, 5.74) is 1.35. The Bertz CT molecular complexity index is 971. The van der Waals surface area contributed by atoms with Gasteiger partial charge >= 0.3 is 0 Å². The van der Waals surface area contributed by atoms with E-state index in [1.54, 1.807) is 54.6 Å². The molecule has 0 bridgehead atoms. The van der Waals surface area contributed by atoms with Crippen molar-refractivity contribution in [3.63, 3.8) is 0 Å². The molecular weight excluding hydrogens is 356 g/mol. The zero-order valence-corrected chi connectivity index (χ0v) is 14.7. The second kappa shape index (κ2) is 7.51. The van der Waals surface area contributed by atoms with E-state index >= 15 is 0 Å². The molecule has 0 heterocycles. The molecule has 0 unspecified atom stereocenters. The average Bonchev–Trinajstić information content (AvgIpc) is 2.64. The van der Waals surface area contributed by atoms with Crippen LogP contribution in [0.4, 0.5) is 5.69 Å². The molecule has 3 aromatic rings. The fourth-order valence-corrected chi connectivity index (χ4v) is 3.30. The Morgan fingerprint density at radius 3 is 1.96 bits per heavy atom. The molecule has 0 spiro atoms. The van der Waals surface area contributed by atoms with Crippen LogP contribution in [0, 0.1) is 0 Å². The summed E-state index contributed by atoms with van der Waals surface area (Å²) >= 11 is 5.90. The molecule has 6 heteroatoms. The maximum atomic E-state index is 12.6. The van der Waals surface area contributed by atoms with Crippen LogP contribution < -0.4 is 5.32 Å². The summed E-state index contributed by atoms with van der Waals surface area (Å²) in [5, 5.41) is 3.66. The molecule has 3 rings (SSSR count). The predicted molar refractivity (Wildman–Crippen MR) is 102 cm³/mol. The van der Waals surface area contributed by atoms with E-state index in [-0.39, 0.29) is 10.7 Å². The number of hydrogen-bond acceptors (Lipinski definition) is 2. The highest BCUT2D eigenvalue weighted by Gasteiger charge is 2.15. The Balaban J connectivity index is 2.03. The summed E-state index contributed by atoms with van der Waals surface area (Å²) in [6.07, 6.45) is 0. The molecule has 0 saturated heterocycles. The van der Waals surface area contributed by atoms with Crippen LogP contribution >= 0.6 is 11.6 Å². The summed E-state index contributed by atoms with van der Waals surface area (Å²) in [4.78, 5) is 0.140. The van der Waals surface area contributed by atoms with E-state index in [4.69, 9.17) is 11.6 Å². The first-order valence-corrected chi connectivity index (χ1v) is 9.34. The third-order valence-electron chi connectivity index (χ3n) is 3.41. The van der Waals surface area contributed by atoms with E-state index in [9.17, 15) is 8.42 Å². The Kier molecular flexibility index (Phi) is 5.16. The van der Waals surface area contributed by atoms with Crippen molar-refractivity contribution in [1.29, 1.82) is 0 Å². The normalized spacial score (nSPS) is 12.0. The Morgan fingerprint density at radius 1 is 0.800 bits per heavy atom. The van der Waals surface area contributed by atoms with Crippen LogP contribution in [0.1, 0.15) is 5.56 Å². The van der Waals surface area contributed by atoms with E-state index in [1.807, 2.05) is 18.2 Å². The maximum Gasteiger partial charge on any atom is 0.284 e. The molecule has 0 aliphatic rings. The quantitative estimate of drug-likeness (QED) is 0.540. The van der Waals surface area contributed by atoms with E-state index in [0.717, 1.165) is 0 Å². The largest absolute Gasteiger partial charge is 0.339 e.